The molecule has 0 aromatic heterocycles. The summed E-state index contributed by atoms with van der Waals surface area (Å²) in [5, 5.41) is 8.95. The summed E-state index contributed by atoms with van der Waals surface area (Å²) in [6, 6.07) is 7.68. The lowest BCUT2D eigenvalue weighted by Gasteiger charge is -2.09. The van der Waals surface area contributed by atoms with Crippen LogP contribution in [-0.2, 0) is 9.53 Å². The van der Waals surface area contributed by atoms with Crippen molar-refractivity contribution in [2.75, 3.05) is 13.2 Å². The van der Waals surface area contributed by atoms with Gasteiger partial charge in [-0.1, -0.05) is 18.2 Å². The fourth-order valence-corrected chi connectivity index (χ4v) is 1.49. The molecule has 1 unspecified atom stereocenters. The Morgan fingerprint density at radius 2 is 2.24 bits per heavy atom. The van der Waals surface area contributed by atoms with E-state index in [-0.39, 0.29) is 24.4 Å². The SMILES string of the molecule is CCOCCC(=O)C(C#N)c1ccccc1F. The van der Waals surface area contributed by atoms with Crippen LogP contribution < -0.4 is 0 Å². The number of rotatable bonds is 6. The molecule has 1 aromatic carbocycles. The number of hydrogen-bond acceptors (Lipinski definition) is 3. The molecule has 1 rings (SSSR count). The third kappa shape index (κ3) is 3.65. The Morgan fingerprint density at radius 1 is 1.53 bits per heavy atom. The highest BCUT2D eigenvalue weighted by Gasteiger charge is 2.22. The molecule has 4 heteroatoms. The summed E-state index contributed by atoms with van der Waals surface area (Å²) in [5.41, 5.74) is 0.136. The molecule has 17 heavy (non-hydrogen) atoms. The van der Waals surface area contributed by atoms with Crippen molar-refractivity contribution in [2.24, 2.45) is 0 Å². The number of ether oxygens (including phenoxy) is 1. The minimum absolute atomic E-state index is 0.125. The van der Waals surface area contributed by atoms with E-state index in [1.165, 1.54) is 18.2 Å². The normalized spacial score (nSPS) is 11.8. The Balaban J connectivity index is 2.76. The summed E-state index contributed by atoms with van der Waals surface area (Å²) in [4.78, 5) is 11.7. The van der Waals surface area contributed by atoms with Crippen LogP contribution in [0.3, 0.4) is 0 Å². The Kier molecular flexibility index (Phi) is 5.31. The van der Waals surface area contributed by atoms with Crippen molar-refractivity contribution in [1.29, 1.82) is 5.26 Å². The van der Waals surface area contributed by atoms with Gasteiger partial charge in [-0.15, -0.1) is 0 Å². The summed E-state index contributed by atoms with van der Waals surface area (Å²) in [6.45, 7) is 2.61. The maximum Gasteiger partial charge on any atom is 0.156 e. The fraction of sp³-hybridized carbons (Fsp3) is 0.385. The van der Waals surface area contributed by atoms with Crippen molar-refractivity contribution in [1.82, 2.24) is 0 Å². The highest BCUT2D eigenvalue weighted by Crippen LogP contribution is 2.20. The number of nitriles is 1. The zero-order valence-electron chi connectivity index (χ0n) is 9.65. The lowest BCUT2D eigenvalue weighted by atomic mass is 9.94. The molecule has 0 spiro atoms. The predicted octanol–water partition coefficient (Wildman–Crippen LogP) is 2.43. The smallest absolute Gasteiger partial charge is 0.156 e. The molecule has 0 bridgehead atoms. The van der Waals surface area contributed by atoms with Crippen molar-refractivity contribution >= 4 is 5.78 Å². The van der Waals surface area contributed by atoms with Crippen LogP contribution in [0.5, 0.6) is 0 Å². The molecule has 0 aliphatic carbocycles. The van der Waals surface area contributed by atoms with Gasteiger partial charge in [-0.2, -0.15) is 5.26 Å². The number of carbonyl (C=O) groups is 1. The third-order valence-corrected chi connectivity index (χ3v) is 2.36. The number of halogens is 1. The lowest BCUT2D eigenvalue weighted by Crippen LogP contribution is -2.14. The predicted molar refractivity (Wildman–Crippen MR) is 60.9 cm³/mol. The minimum atomic E-state index is -1.04. The Bertz CT molecular complexity index is 426. The van der Waals surface area contributed by atoms with E-state index >= 15 is 0 Å². The second kappa shape index (κ2) is 6.77. The van der Waals surface area contributed by atoms with Crippen LogP contribution in [0.2, 0.25) is 0 Å². The Hall–Kier alpha value is -1.73. The third-order valence-electron chi connectivity index (χ3n) is 2.36. The monoisotopic (exact) mass is 235 g/mol. The second-order valence-corrected chi connectivity index (χ2v) is 3.50. The molecule has 90 valence electrons. The van der Waals surface area contributed by atoms with E-state index in [0.717, 1.165) is 0 Å². The summed E-state index contributed by atoms with van der Waals surface area (Å²) < 4.78 is 18.5. The highest BCUT2D eigenvalue weighted by atomic mass is 19.1. The van der Waals surface area contributed by atoms with E-state index in [0.29, 0.717) is 6.61 Å². The molecule has 0 aliphatic heterocycles. The van der Waals surface area contributed by atoms with Gasteiger partial charge in [-0.25, -0.2) is 4.39 Å². The second-order valence-electron chi connectivity index (χ2n) is 3.50. The fourth-order valence-electron chi connectivity index (χ4n) is 1.49. The zero-order chi connectivity index (χ0) is 12.7. The van der Waals surface area contributed by atoms with Gasteiger partial charge in [0.2, 0.25) is 0 Å². The van der Waals surface area contributed by atoms with Crippen molar-refractivity contribution in [3.63, 3.8) is 0 Å². The van der Waals surface area contributed by atoms with Crippen LogP contribution in [0.4, 0.5) is 4.39 Å². The molecule has 0 radical (unpaired) electrons. The standard InChI is InChI=1S/C13H14FNO2/c1-2-17-8-7-13(16)11(9-15)10-5-3-4-6-12(10)14/h3-6,11H,2,7-8H2,1H3. The largest absolute Gasteiger partial charge is 0.381 e. The van der Waals surface area contributed by atoms with Gasteiger partial charge in [0.1, 0.15) is 11.7 Å². The van der Waals surface area contributed by atoms with Crippen molar-refractivity contribution < 1.29 is 13.9 Å². The van der Waals surface area contributed by atoms with Gasteiger partial charge in [0.25, 0.3) is 0 Å². The van der Waals surface area contributed by atoms with E-state index in [9.17, 15) is 9.18 Å². The maximum atomic E-state index is 13.4. The number of Topliss-reactive ketones (excluding diaryl/α,β-unsaturated/α-hetero) is 1. The molecule has 0 aliphatic rings. The molecule has 1 aromatic rings. The van der Waals surface area contributed by atoms with Crippen molar-refractivity contribution in [3.8, 4) is 6.07 Å². The first-order valence-corrected chi connectivity index (χ1v) is 5.45. The van der Waals surface area contributed by atoms with E-state index < -0.39 is 11.7 Å². The van der Waals surface area contributed by atoms with Gasteiger partial charge in [-0.05, 0) is 13.0 Å². The van der Waals surface area contributed by atoms with Crippen LogP contribution in [0.25, 0.3) is 0 Å². The van der Waals surface area contributed by atoms with Crippen molar-refractivity contribution in [2.45, 2.75) is 19.3 Å². The minimum Gasteiger partial charge on any atom is -0.381 e. The number of benzene rings is 1. The number of carbonyl (C=O) groups excluding carboxylic acids is 1. The number of ketones is 1. The first-order chi connectivity index (χ1) is 8.20. The summed E-state index contributed by atoms with van der Waals surface area (Å²) in [7, 11) is 0. The van der Waals surface area contributed by atoms with E-state index in [2.05, 4.69) is 0 Å². The van der Waals surface area contributed by atoms with E-state index in [4.69, 9.17) is 10.00 Å². The molecule has 1 atom stereocenters. The van der Waals surface area contributed by atoms with Crippen molar-refractivity contribution in [3.05, 3.63) is 35.6 Å². The summed E-state index contributed by atoms with van der Waals surface area (Å²) in [6.07, 6.45) is 0.125. The Labute approximate surface area is 99.8 Å². The Morgan fingerprint density at radius 3 is 2.82 bits per heavy atom. The van der Waals surface area contributed by atoms with Gasteiger partial charge < -0.3 is 4.74 Å². The summed E-state index contributed by atoms with van der Waals surface area (Å²) >= 11 is 0. The van der Waals surface area contributed by atoms with Gasteiger partial charge >= 0.3 is 0 Å². The molecule has 0 saturated heterocycles. The quantitative estimate of drug-likeness (QED) is 0.711. The van der Waals surface area contributed by atoms with Crippen LogP contribution in [-0.4, -0.2) is 19.0 Å². The van der Waals surface area contributed by atoms with Crippen LogP contribution in [0, 0.1) is 17.1 Å². The van der Waals surface area contributed by atoms with E-state index in [1.54, 1.807) is 6.07 Å². The van der Waals surface area contributed by atoms with Gasteiger partial charge in [-0.3, -0.25) is 4.79 Å². The van der Waals surface area contributed by atoms with Crippen LogP contribution in [0.1, 0.15) is 24.8 Å². The first-order valence-electron chi connectivity index (χ1n) is 5.45. The highest BCUT2D eigenvalue weighted by molar-refractivity contribution is 5.88. The van der Waals surface area contributed by atoms with Gasteiger partial charge in [0.05, 0.1) is 12.7 Å². The van der Waals surface area contributed by atoms with Crippen LogP contribution >= 0.6 is 0 Å². The molecule has 0 fully saturated rings. The molecule has 3 nitrogen and oxygen atoms in total. The average molecular weight is 235 g/mol. The first kappa shape index (κ1) is 13.3. The molecule has 0 saturated carbocycles. The topological polar surface area (TPSA) is 50.1 Å². The van der Waals surface area contributed by atoms with Gasteiger partial charge in [0.15, 0.2) is 5.78 Å². The lowest BCUT2D eigenvalue weighted by molar-refractivity contribution is -0.120. The molecular formula is C13H14FNO2. The molecule has 0 N–H and O–H groups in total. The molecule has 0 heterocycles. The van der Waals surface area contributed by atoms with Crippen LogP contribution in [0.15, 0.2) is 24.3 Å². The number of nitrogens with zero attached hydrogens (tertiary/aromatic N) is 1. The summed E-state index contributed by atoms with van der Waals surface area (Å²) in [5.74, 6) is -1.88. The molecular weight excluding hydrogens is 221 g/mol. The number of hydrogen-bond donors (Lipinski definition) is 0. The average Bonchev–Trinajstić information content (AvgIpc) is 2.33. The maximum absolute atomic E-state index is 13.4. The van der Waals surface area contributed by atoms with Gasteiger partial charge in [0, 0.05) is 18.6 Å². The zero-order valence-corrected chi connectivity index (χ0v) is 9.65. The van der Waals surface area contributed by atoms with E-state index in [1.807, 2.05) is 13.0 Å². The molecule has 0 amide bonds.